The number of benzene rings is 1. The normalized spacial score (nSPS) is 11.3. The number of para-hydroxylation sites is 2. The summed E-state index contributed by atoms with van der Waals surface area (Å²) in [4.78, 5) is 23.1. The first-order valence-corrected chi connectivity index (χ1v) is 6.25. The van der Waals surface area contributed by atoms with E-state index < -0.39 is 17.9 Å². The Hall–Kier alpha value is -2.24. The van der Waals surface area contributed by atoms with Crippen LogP contribution in [0.15, 0.2) is 24.3 Å². The summed E-state index contributed by atoms with van der Waals surface area (Å²) in [6.45, 7) is 1.58. The molecule has 1 amide bonds. The van der Waals surface area contributed by atoms with Crippen LogP contribution >= 0.6 is 0 Å². The Bertz CT molecular complexity index is 461. The van der Waals surface area contributed by atoms with Gasteiger partial charge in [0.05, 0.1) is 14.2 Å². The lowest BCUT2D eigenvalue weighted by Gasteiger charge is -2.15. The van der Waals surface area contributed by atoms with E-state index >= 15 is 0 Å². The summed E-state index contributed by atoms with van der Waals surface area (Å²) in [5, 5.41) is 2.55. The van der Waals surface area contributed by atoms with Crippen LogP contribution < -0.4 is 14.8 Å². The first-order chi connectivity index (χ1) is 9.62. The van der Waals surface area contributed by atoms with E-state index in [1.807, 2.05) is 0 Å². The SMILES string of the molecule is CCC(NC(=O)COc1ccccc1OC)C(=O)OC. The standard InChI is InChI=1S/C14H19NO5/c1-4-10(14(17)19-3)15-13(16)9-20-12-8-6-5-7-11(12)18-2/h5-8,10H,4,9H2,1-3H3,(H,15,16). The quantitative estimate of drug-likeness (QED) is 0.759. The van der Waals surface area contributed by atoms with Crippen LogP contribution in [0.2, 0.25) is 0 Å². The van der Waals surface area contributed by atoms with Crippen LogP contribution in [0.25, 0.3) is 0 Å². The van der Waals surface area contributed by atoms with Crippen molar-refractivity contribution in [3.05, 3.63) is 24.3 Å². The molecule has 0 fully saturated rings. The Kier molecular flexibility index (Phi) is 6.36. The molecule has 0 radical (unpaired) electrons. The number of methoxy groups -OCH3 is 2. The highest BCUT2D eigenvalue weighted by atomic mass is 16.5. The van der Waals surface area contributed by atoms with Crippen LogP contribution in [0.3, 0.4) is 0 Å². The minimum Gasteiger partial charge on any atom is -0.493 e. The van der Waals surface area contributed by atoms with Gasteiger partial charge in [-0.1, -0.05) is 19.1 Å². The van der Waals surface area contributed by atoms with Crippen LogP contribution in [0.4, 0.5) is 0 Å². The maximum atomic E-state index is 11.7. The molecule has 110 valence electrons. The van der Waals surface area contributed by atoms with Crippen LogP contribution in [-0.2, 0) is 14.3 Å². The zero-order chi connectivity index (χ0) is 15.0. The average Bonchev–Trinajstić information content (AvgIpc) is 2.49. The number of rotatable bonds is 7. The van der Waals surface area contributed by atoms with E-state index in [4.69, 9.17) is 9.47 Å². The van der Waals surface area contributed by atoms with E-state index in [-0.39, 0.29) is 6.61 Å². The highest BCUT2D eigenvalue weighted by molar-refractivity contribution is 5.85. The summed E-state index contributed by atoms with van der Waals surface area (Å²) < 4.78 is 15.1. The minimum absolute atomic E-state index is 0.201. The van der Waals surface area contributed by atoms with E-state index in [2.05, 4.69) is 10.1 Å². The van der Waals surface area contributed by atoms with E-state index in [0.29, 0.717) is 17.9 Å². The summed E-state index contributed by atoms with van der Waals surface area (Å²) in [7, 11) is 2.80. The molecule has 0 heterocycles. The number of carbonyl (C=O) groups excluding carboxylic acids is 2. The number of esters is 1. The monoisotopic (exact) mass is 281 g/mol. The van der Waals surface area contributed by atoms with Gasteiger partial charge in [0.1, 0.15) is 6.04 Å². The third kappa shape index (κ3) is 4.46. The fraction of sp³-hybridized carbons (Fsp3) is 0.429. The van der Waals surface area contributed by atoms with Gasteiger partial charge >= 0.3 is 5.97 Å². The van der Waals surface area contributed by atoms with Gasteiger partial charge in [-0.15, -0.1) is 0 Å². The molecule has 1 aromatic carbocycles. The first-order valence-electron chi connectivity index (χ1n) is 6.25. The van der Waals surface area contributed by atoms with E-state index in [1.165, 1.54) is 14.2 Å². The van der Waals surface area contributed by atoms with Gasteiger partial charge < -0.3 is 19.5 Å². The number of hydrogen-bond donors (Lipinski definition) is 1. The number of carbonyl (C=O) groups is 2. The molecule has 1 unspecified atom stereocenters. The summed E-state index contributed by atoms with van der Waals surface area (Å²) >= 11 is 0. The van der Waals surface area contributed by atoms with Gasteiger partial charge in [-0.05, 0) is 18.6 Å². The highest BCUT2D eigenvalue weighted by Crippen LogP contribution is 2.25. The Morgan fingerprint density at radius 2 is 1.85 bits per heavy atom. The van der Waals surface area contributed by atoms with Crippen molar-refractivity contribution < 1.29 is 23.8 Å². The second kappa shape index (κ2) is 8.04. The van der Waals surface area contributed by atoms with Crippen LogP contribution in [0.1, 0.15) is 13.3 Å². The fourth-order valence-corrected chi connectivity index (χ4v) is 1.59. The first kappa shape index (κ1) is 15.8. The second-order valence-electron chi connectivity index (χ2n) is 3.99. The summed E-state index contributed by atoms with van der Waals surface area (Å²) in [5.74, 6) is 0.142. The predicted molar refractivity (Wildman–Crippen MR) is 72.7 cm³/mol. The van der Waals surface area contributed by atoms with E-state index in [1.54, 1.807) is 31.2 Å². The summed E-state index contributed by atoms with van der Waals surface area (Å²) in [6, 6.07) is 6.35. The molecule has 0 bridgehead atoms. The second-order valence-corrected chi connectivity index (χ2v) is 3.99. The molecule has 6 nitrogen and oxygen atoms in total. The highest BCUT2D eigenvalue weighted by Gasteiger charge is 2.19. The van der Waals surface area contributed by atoms with Crippen molar-refractivity contribution in [2.45, 2.75) is 19.4 Å². The van der Waals surface area contributed by atoms with Crippen molar-refractivity contribution in [3.63, 3.8) is 0 Å². The number of nitrogens with one attached hydrogen (secondary N) is 1. The Balaban J connectivity index is 2.52. The van der Waals surface area contributed by atoms with Crippen molar-refractivity contribution in [2.24, 2.45) is 0 Å². The lowest BCUT2D eigenvalue weighted by Crippen LogP contribution is -2.43. The molecule has 0 saturated heterocycles. The number of ether oxygens (including phenoxy) is 3. The molecule has 1 atom stereocenters. The largest absolute Gasteiger partial charge is 0.493 e. The summed E-state index contributed by atoms with van der Waals surface area (Å²) in [5.41, 5.74) is 0. The van der Waals surface area contributed by atoms with Gasteiger partial charge in [-0.3, -0.25) is 4.79 Å². The molecule has 1 aromatic rings. The zero-order valence-electron chi connectivity index (χ0n) is 11.8. The molecule has 0 aliphatic rings. The third-order valence-corrected chi connectivity index (χ3v) is 2.66. The van der Waals surface area contributed by atoms with E-state index in [0.717, 1.165) is 0 Å². The smallest absolute Gasteiger partial charge is 0.328 e. The molecule has 1 rings (SSSR count). The maximum absolute atomic E-state index is 11.7. The Morgan fingerprint density at radius 1 is 1.20 bits per heavy atom. The van der Waals surface area contributed by atoms with Crippen molar-refractivity contribution in [1.29, 1.82) is 0 Å². The van der Waals surface area contributed by atoms with Crippen molar-refractivity contribution >= 4 is 11.9 Å². The van der Waals surface area contributed by atoms with Crippen LogP contribution in [-0.4, -0.2) is 38.7 Å². The fourth-order valence-electron chi connectivity index (χ4n) is 1.59. The zero-order valence-corrected chi connectivity index (χ0v) is 11.8. The average molecular weight is 281 g/mol. The molecule has 0 aromatic heterocycles. The topological polar surface area (TPSA) is 73.9 Å². The van der Waals surface area contributed by atoms with Crippen molar-refractivity contribution in [3.8, 4) is 11.5 Å². The molecule has 0 saturated carbocycles. The molecular formula is C14H19NO5. The molecule has 0 aliphatic heterocycles. The van der Waals surface area contributed by atoms with Gasteiger partial charge in [0.15, 0.2) is 18.1 Å². The minimum atomic E-state index is -0.659. The van der Waals surface area contributed by atoms with Gasteiger partial charge in [0.2, 0.25) is 0 Å². The number of amides is 1. The summed E-state index contributed by atoms with van der Waals surface area (Å²) in [6.07, 6.45) is 0.451. The lowest BCUT2D eigenvalue weighted by atomic mass is 10.2. The van der Waals surface area contributed by atoms with Gasteiger partial charge in [0, 0.05) is 0 Å². The molecule has 20 heavy (non-hydrogen) atoms. The van der Waals surface area contributed by atoms with Gasteiger partial charge in [-0.2, -0.15) is 0 Å². The molecule has 1 N–H and O–H groups in total. The Labute approximate surface area is 118 Å². The Morgan fingerprint density at radius 3 is 2.40 bits per heavy atom. The molecule has 0 aliphatic carbocycles. The van der Waals surface area contributed by atoms with Crippen molar-refractivity contribution in [2.75, 3.05) is 20.8 Å². The van der Waals surface area contributed by atoms with E-state index in [9.17, 15) is 9.59 Å². The van der Waals surface area contributed by atoms with Crippen LogP contribution in [0, 0.1) is 0 Å². The maximum Gasteiger partial charge on any atom is 0.328 e. The van der Waals surface area contributed by atoms with Gasteiger partial charge in [-0.25, -0.2) is 4.79 Å². The number of hydrogen-bond acceptors (Lipinski definition) is 5. The van der Waals surface area contributed by atoms with Crippen LogP contribution in [0.5, 0.6) is 11.5 Å². The third-order valence-electron chi connectivity index (χ3n) is 2.66. The lowest BCUT2D eigenvalue weighted by molar-refractivity contribution is -0.145. The molecule has 6 heteroatoms. The molecular weight excluding hydrogens is 262 g/mol. The predicted octanol–water partition coefficient (Wildman–Crippen LogP) is 1.14. The van der Waals surface area contributed by atoms with Crippen molar-refractivity contribution in [1.82, 2.24) is 5.32 Å². The van der Waals surface area contributed by atoms with Gasteiger partial charge in [0.25, 0.3) is 5.91 Å². The molecule has 0 spiro atoms.